The molecular formula is C30H38F2N2O2. The Balaban J connectivity index is 0.000000982. The highest BCUT2D eigenvalue weighted by Crippen LogP contribution is 2.31. The Kier molecular flexibility index (Phi) is 13.7. The Bertz CT molecular complexity index is 1100. The zero-order valence-electron chi connectivity index (χ0n) is 22.0. The Hall–Kier alpha value is -3.51. The summed E-state index contributed by atoms with van der Waals surface area (Å²) in [6.07, 6.45) is 8.57. The smallest absolute Gasteiger partial charge is 0.258 e. The molecule has 6 heteroatoms. The van der Waals surface area contributed by atoms with E-state index in [4.69, 9.17) is 4.74 Å². The summed E-state index contributed by atoms with van der Waals surface area (Å²) >= 11 is 0. The van der Waals surface area contributed by atoms with Crippen LogP contribution in [0.5, 0.6) is 5.75 Å². The molecule has 0 bridgehead atoms. The second-order valence-corrected chi connectivity index (χ2v) is 7.50. The number of methoxy groups -OCH3 is 1. The standard InChI is InChI=1S/C24H26F2N2O2.C4H6.C2H6/c1-4-15(5-2)18-7-6-17(12-23(18)30-3)28-24(29)20-14-21(25)19(13-22(20)26)16-8-10-27-11-9-16;1-3-4-2;1-2/h4,6-8,12-14,27H,5,9-11H2,1-3H3,(H,28,29);3-4H,1-2H2;1-2H3/b15-4+;;. The van der Waals surface area contributed by atoms with Gasteiger partial charge in [0.1, 0.15) is 17.4 Å². The minimum absolute atomic E-state index is 0.204. The Labute approximate surface area is 214 Å². The fraction of sp³-hybridized carbons (Fsp3) is 0.300. The molecule has 3 rings (SSSR count). The molecule has 36 heavy (non-hydrogen) atoms. The number of hydrogen-bond acceptors (Lipinski definition) is 3. The summed E-state index contributed by atoms with van der Waals surface area (Å²) < 4.78 is 34.7. The molecule has 0 unspecified atom stereocenters. The first kappa shape index (κ1) is 30.5. The summed E-state index contributed by atoms with van der Waals surface area (Å²) in [4.78, 5) is 12.6. The summed E-state index contributed by atoms with van der Waals surface area (Å²) in [6.45, 7) is 16.0. The molecule has 1 aliphatic rings. The maximum atomic E-state index is 14.6. The summed E-state index contributed by atoms with van der Waals surface area (Å²) in [5, 5.41) is 5.77. The number of halogens is 2. The first-order chi connectivity index (χ1) is 17.4. The zero-order valence-corrected chi connectivity index (χ0v) is 22.0. The molecule has 0 fully saturated rings. The molecule has 4 nitrogen and oxygen atoms in total. The van der Waals surface area contributed by atoms with Gasteiger partial charge in [0.25, 0.3) is 5.91 Å². The number of nitrogens with one attached hydrogen (secondary N) is 2. The van der Waals surface area contributed by atoms with E-state index in [0.717, 1.165) is 35.3 Å². The van der Waals surface area contributed by atoms with Crippen molar-refractivity contribution in [1.29, 1.82) is 0 Å². The van der Waals surface area contributed by atoms with Gasteiger partial charge < -0.3 is 15.4 Å². The van der Waals surface area contributed by atoms with Crippen LogP contribution < -0.4 is 15.4 Å². The molecule has 2 aromatic carbocycles. The van der Waals surface area contributed by atoms with E-state index in [2.05, 4.69) is 23.8 Å². The largest absolute Gasteiger partial charge is 0.496 e. The number of rotatable bonds is 7. The van der Waals surface area contributed by atoms with Gasteiger partial charge in [-0.2, -0.15) is 0 Å². The molecule has 0 atom stereocenters. The van der Waals surface area contributed by atoms with Crippen molar-refractivity contribution in [3.05, 3.63) is 96.1 Å². The molecule has 0 saturated heterocycles. The number of benzene rings is 2. The maximum Gasteiger partial charge on any atom is 0.258 e. The molecular weight excluding hydrogens is 458 g/mol. The van der Waals surface area contributed by atoms with Gasteiger partial charge >= 0.3 is 0 Å². The van der Waals surface area contributed by atoms with Gasteiger partial charge in [-0.15, -0.1) is 0 Å². The van der Waals surface area contributed by atoms with Crippen molar-refractivity contribution < 1.29 is 18.3 Å². The predicted molar refractivity (Wildman–Crippen MR) is 148 cm³/mol. The van der Waals surface area contributed by atoms with Crippen LogP contribution in [0.15, 0.2) is 67.8 Å². The Morgan fingerprint density at radius 3 is 2.33 bits per heavy atom. The molecule has 0 aromatic heterocycles. The highest BCUT2D eigenvalue weighted by Gasteiger charge is 2.19. The zero-order chi connectivity index (χ0) is 27.1. The molecule has 1 amide bonds. The van der Waals surface area contributed by atoms with Gasteiger partial charge in [0.15, 0.2) is 0 Å². The number of hydrogen-bond donors (Lipinski definition) is 2. The topological polar surface area (TPSA) is 50.4 Å². The third kappa shape index (κ3) is 8.31. The normalized spacial score (nSPS) is 12.6. The van der Waals surface area contributed by atoms with Gasteiger partial charge in [0, 0.05) is 29.4 Å². The fourth-order valence-corrected chi connectivity index (χ4v) is 3.62. The van der Waals surface area contributed by atoms with Crippen LogP contribution >= 0.6 is 0 Å². The third-order valence-corrected chi connectivity index (χ3v) is 5.41. The van der Waals surface area contributed by atoms with Crippen LogP contribution in [0.3, 0.4) is 0 Å². The maximum absolute atomic E-state index is 14.6. The fourth-order valence-electron chi connectivity index (χ4n) is 3.62. The van der Waals surface area contributed by atoms with E-state index in [0.29, 0.717) is 30.9 Å². The van der Waals surface area contributed by atoms with Crippen molar-refractivity contribution in [1.82, 2.24) is 5.32 Å². The first-order valence-electron chi connectivity index (χ1n) is 12.2. The van der Waals surface area contributed by atoms with Crippen LogP contribution in [0.25, 0.3) is 11.1 Å². The SMILES string of the molecule is C/C=C(\CC)c1ccc(NC(=O)c2cc(F)c(C3=CCNCC3)cc2F)cc1OC.C=CC=C.CC. The van der Waals surface area contributed by atoms with Crippen molar-refractivity contribution in [2.24, 2.45) is 0 Å². The molecule has 0 aliphatic carbocycles. The van der Waals surface area contributed by atoms with E-state index >= 15 is 0 Å². The molecule has 2 aromatic rings. The van der Waals surface area contributed by atoms with Gasteiger partial charge in [-0.25, -0.2) is 8.78 Å². The average Bonchev–Trinajstić information content (AvgIpc) is 2.92. The molecule has 0 spiro atoms. The van der Waals surface area contributed by atoms with Crippen molar-refractivity contribution >= 4 is 22.7 Å². The monoisotopic (exact) mass is 496 g/mol. The highest BCUT2D eigenvalue weighted by atomic mass is 19.1. The van der Waals surface area contributed by atoms with Gasteiger partial charge in [-0.05, 0) is 61.7 Å². The summed E-state index contributed by atoms with van der Waals surface area (Å²) in [6, 6.07) is 7.30. The number of ether oxygens (including phenoxy) is 1. The summed E-state index contributed by atoms with van der Waals surface area (Å²) in [5.74, 6) is -1.48. The van der Waals surface area contributed by atoms with Crippen molar-refractivity contribution in [3.63, 3.8) is 0 Å². The first-order valence-corrected chi connectivity index (χ1v) is 12.2. The van der Waals surface area contributed by atoms with E-state index in [-0.39, 0.29) is 11.1 Å². The highest BCUT2D eigenvalue weighted by molar-refractivity contribution is 6.05. The van der Waals surface area contributed by atoms with Crippen LogP contribution in [0.4, 0.5) is 14.5 Å². The van der Waals surface area contributed by atoms with Crippen LogP contribution in [0, 0.1) is 11.6 Å². The lowest BCUT2D eigenvalue weighted by Gasteiger charge is -2.16. The third-order valence-electron chi connectivity index (χ3n) is 5.41. The second-order valence-electron chi connectivity index (χ2n) is 7.50. The lowest BCUT2D eigenvalue weighted by Crippen LogP contribution is -2.20. The van der Waals surface area contributed by atoms with Gasteiger partial charge in [-0.1, -0.05) is 58.2 Å². The number of carbonyl (C=O) groups excluding carboxylic acids is 1. The van der Waals surface area contributed by atoms with Gasteiger partial charge in [-0.3, -0.25) is 4.79 Å². The van der Waals surface area contributed by atoms with Gasteiger partial charge in [0.05, 0.1) is 12.7 Å². The molecule has 2 N–H and O–H groups in total. The Morgan fingerprint density at radius 2 is 1.81 bits per heavy atom. The summed E-state index contributed by atoms with van der Waals surface area (Å²) in [5.41, 5.74) is 3.09. The van der Waals surface area contributed by atoms with E-state index in [1.807, 2.05) is 45.9 Å². The van der Waals surface area contributed by atoms with Crippen LogP contribution in [0.1, 0.15) is 62.0 Å². The van der Waals surface area contributed by atoms with Crippen molar-refractivity contribution in [2.45, 2.75) is 40.5 Å². The molecule has 0 radical (unpaired) electrons. The lowest BCUT2D eigenvalue weighted by atomic mass is 9.97. The van der Waals surface area contributed by atoms with Crippen LogP contribution in [0.2, 0.25) is 0 Å². The number of carbonyl (C=O) groups is 1. The van der Waals surface area contributed by atoms with E-state index in [1.54, 1.807) is 31.4 Å². The average molecular weight is 497 g/mol. The van der Waals surface area contributed by atoms with Crippen LogP contribution in [-0.4, -0.2) is 26.1 Å². The van der Waals surface area contributed by atoms with Crippen LogP contribution in [-0.2, 0) is 0 Å². The number of anilines is 1. The minimum Gasteiger partial charge on any atom is -0.496 e. The number of allylic oxidation sites excluding steroid dienone is 4. The van der Waals surface area contributed by atoms with E-state index < -0.39 is 17.5 Å². The van der Waals surface area contributed by atoms with Crippen molar-refractivity contribution in [2.75, 3.05) is 25.5 Å². The van der Waals surface area contributed by atoms with E-state index in [1.165, 1.54) is 0 Å². The quantitative estimate of drug-likeness (QED) is 0.385. The lowest BCUT2D eigenvalue weighted by molar-refractivity contribution is 0.102. The molecule has 1 aliphatic heterocycles. The Morgan fingerprint density at radius 1 is 1.11 bits per heavy atom. The second kappa shape index (κ2) is 16.2. The number of amides is 1. The predicted octanol–water partition coefficient (Wildman–Crippen LogP) is 7.80. The molecule has 1 heterocycles. The molecule has 194 valence electrons. The minimum atomic E-state index is -0.755. The van der Waals surface area contributed by atoms with Gasteiger partial charge in [0.2, 0.25) is 0 Å². The van der Waals surface area contributed by atoms with E-state index in [9.17, 15) is 13.6 Å². The van der Waals surface area contributed by atoms with Crippen molar-refractivity contribution in [3.8, 4) is 5.75 Å². The summed E-state index contributed by atoms with van der Waals surface area (Å²) in [7, 11) is 1.55. The molecule has 0 saturated carbocycles.